The number of amides is 1. The van der Waals surface area contributed by atoms with Crippen molar-refractivity contribution in [2.24, 2.45) is 5.10 Å². The van der Waals surface area contributed by atoms with Gasteiger partial charge < -0.3 is 9.47 Å². The molecule has 8 nitrogen and oxygen atoms in total. The molecule has 35 heavy (non-hydrogen) atoms. The second kappa shape index (κ2) is 10.2. The lowest BCUT2D eigenvalue weighted by Crippen LogP contribution is -2.21. The van der Waals surface area contributed by atoms with Gasteiger partial charge in [0.2, 0.25) is 0 Å². The number of halogens is 2. The SMILES string of the molecule is COc1cc(/C=C2\C(=O)N(c3ccc(Cl)c(Cl)c3)N=C2C)ccc1OCc1ccc([N+](=O)[O-])cc1. The van der Waals surface area contributed by atoms with E-state index in [0.717, 1.165) is 11.1 Å². The van der Waals surface area contributed by atoms with Crippen LogP contribution in [-0.2, 0) is 11.4 Å². The maximum Gasteiger partial charge on any atom is 0.280 e. The predicted octanol–water partition coefficient (Wildman–Crippen LogP) is 6.30. The maximum absolute atomic E-state index is 13.0. The molecule has 3 aromatic carbocycles. The van der Waals surface area contributed by atoms with Crippen LogP contribution in [0.3, 0.4) is 0 Å². The normalized spacial score (nSPS) is 14.3. The molecule has 0 aromatic heterocycles. The fraction of sp³-hybridized carbons (Fsp3) is 0.120. The summed E-state index contributed by atoms with van der Waals surface area (Å²) < 4.78 is 11.3. The molecular formula is C25H19Cl2N3O5. The number of non-ortho nitro benzene ring substituents is 1. The standard InChI is InChI=1S/C25H19Cl2N3O5/c1-15-20(25(31)29(28-15)19-8-9-21(26)22(27)13-19)11-17-5-10-23(24(12-17)34-2)35-14-16-3-6-18(7-4-16)30(32)33/h3-13H,14H2,1-2H3/b20-11-. The van der Waals surface area contributed by atoms with Gasteiger partial charge in [0.1, 0.15) is 6.61 Å². The first-order chi connectivity index (χ1) is 16.8. The van der Waals surface area contributed by atoms with Gasteiger partial charge in [-0.3, -0.25) is 14.9 Å². The molecule has 0 bridgehead atoms. The zero-order chi connectivity index (χ0) is 25.1. The Hall–Kier alpha value is -3.88. The van der Waals surface area contributed by atoms with Crippen molar-refractivity contribution in [1.29, 1.82) is 0 Å². The van der Waals surface area contributed by atoms with Gasteiger partial charge >= 0.3 is 0 Å². The molecule has 0 unspecified atom stereocenters. The summed E-state index contributed by atoms with van der Waals surface area (Å²) in [5, 5.41) is 17.2. The molecular weight excluding hydrogens is 493 g/mol. The number of carbonyl (C=O) groups excluding carboxylic acids is 1. The zero-order valence-electron chi connectivity index (χ0n) is 18.7. The molecule has 3 aromatic rings. The Morgan fingerprint density at radius 3 is 2.43 bits per heavy atom. The molecule has 4 rings (SSSR count). The number of ether oxygens (including phenoxy) is 2. The highest BCUT2D eigenvalue weighted by molar-refractivity contribution is 6.42. The Morgan fingerprint density at radius 2 is 1.77 bits per heavy atom. The van der Waals surface area contributed by atoms with E-state index in [1.807, 2.05) is 0 Å². The number of anilines is 1. The van der Waals surface area contributed by atoms with E-state index < -0.39 is 4.92 Å². The number of benzene rings is 3. The molecule has 1 aliphatic rings. The van der Waals surface area contributed by atoms with E-state index in [2.05, 4.69) is 5.10 Å². The van der Waals surface area contributed by atoms with Gasteiger partial charge in [-0.25, -0.2) is 0 Å². The number of hydrogen-bond donors (Lipinski definition) is 0. The Bertz CT molecular complexity index is 1370. The van der Waals surface area contributed by atoms with Gasteiger partial charge in [0.05, 0.1) is 39.1 Å². The summed E-state index contributed by atoms with van der Waals surface area (Å²) in [6, 6.07) is 16.3. The summed E-state index contributed by atoms with van der Waals surface area (Å²) in [6.07, 6.45) is 1.72. The van der Waals surface area contributed by atoms with Crippen LogP contribution in [0.1, 0.15) is 18.1 Å². The number of hydrogen-bond acceptors (Lipinski definition) is 6. The van der Waals surface area contributed by atoms with Gasteiger partial charge in [0, 0.05) is 12.1 Å². The van der Waals surface area contributed by atoms with Crippen molar-refractivity contribution in [2.45, 2.75) is 13.5 Å². The fourth-order valence-electron chi connectivity index (χ4n) is 3.41. The third-order valence-electron chi connectivity index (χ3n) is 5.25. The lowest BCUT2D eigenvalue weighted by molar-refractivity contribution is -0.384. The van der Waals surface area contributed by atoms with Crippen molar-refractivity contribution < 1.29 is 19.2 Å². The molecule has 1 aliphatic heterocycles. The van der Waals surface area contributed by atoms with E-state index in [1.54, 1.807) is 61.5 Å². The first kappa shape index (κ1) is 24.3. The number of hydrazone groups is 1. The van der Waals surface area contributed by atoms with Crippen LogP contribution in [0.5, 0.6) is 11.5 Å². The van der Waals surface area contributed by atoms with Crippen molar-refractivity contribution in [3.8, 4) is 11.5 Å². The van der Waals surface area contributed by atoms with E-state index in [9.17, 15) is 14.9 Å². The van der Waals surface area contributed by atoms with Crippen molar-refractivity contribution in [2.75, 3.05) is 12.1 Å². The van der Waals surface area contributed by atoms with E-state index in [1.165, 1.54) is 24.3 Å². The lowest BCUT2D eigenvalue weighted by atomic mass is 10.1. The van der Waals surface area contributed by atoms with Crippen LogP contribution in [0, 0.1) is 10.1 Å². The minimum absolute atomic E-state index is 0.0155. The minimum atomic E-state index is -0.452. The van der Waals surface area contributed by atoms with Gasteiger partial charge in [-0.05, 0) is 66.6 Å². The number of carbonyl (C=O) groups is 1. The number of methoxy groups -OCH3 is 1. The first-order valence-corrected chi connectivity index (χ1v) is 11.1. The third-order valence-corrected chi connectivity index (χ3v) is 5.99. The predicted molar refractivity (Wildman–Crippen MR) is 135 cm³/mol. The molecule has 0 aliphatic carbocycles. The second-order valence-electron chi connectivity index (χ2n) is 7.58. The van der Waals surface area contributed by atoms with Crippen LogP contribution in [0.2, 0.25) is 10.0 Å². The van der Waals surface area contributed by atoms with Gasteiger partial charge in [-0.1, -0.05) is 29.3 Å². The topological polar surface area (TPSA) is 94.3 Å². The molecule has 0 saturated heterocycles. The van der Waals surface area contributed by atoms with Crippen LogP contribution < -0.4 is 14.5 Å². The smallest absolute Gasteiger partial charge is 0.280 e. The van der Waals surface area contributed by atoms with Crippen LogP contribution >= 0.6 is 23.2 Å². The van der Waals surface area contributed by atoms with Gasteiger partial charge in [0.25, 0.3) is 11.6 Å². The summed E-state index contributed by atoms with van der Waals surface area (Å²) >= 11 is 12.1. The fourth-order valence-corrected chi connectivity index (χ4v) is 3.70. The second-order valence-corrected chi connectivity index (χ2v) is 8.40. The summed E-state index contributed by atoms with van der Waals surface area (Å²) in [4.78, 5) is 23.4. The molecule has 10 heteroatoms. The van der Waals surface area contributed by atoms with Crippen molar-refractivity contribution >= 4 is 52.3 Å². The molecule has 0 spiro atoms. The van der Waals surface area contributed by atoms with Crippen LogP contribution in [-0.4, -0.2) is 23.7 Å². The highest BCUT2D eigenvalue weighted by Crippen LogP contribution is 2.33. The highest BCUT2D eigenvalue weighted by Gasteiger charge is 2.29. The third kappa shape index (κ3) is 5.29. The van der Waals surface area contributed by atoms with Crippen LogP contribution in [0.25, 0.3) is 6.08 Å². The lowest BCUT2D eigenvalue weighted by Gasteiger charge is -2.13. The molecule has 1 amide bonds. The van der Waals surface area contributed by atoms with Crippen LogP contribution in [0.4, 0.5) is 11.4 Å². The van der Waals surface area contributed by atoms with Crippen molar-refractivity contribution in [3.63, 3.8) is 0 Å². The molecule has 0 atom stereocenters. The van der Waals surface area contributed by atoms with E-state index in [4.69, 9.17) is 32.7 Å². The van der Waals surface area contributed by atoms with E-state index >= 15 is 0 Å². The van der Waals surface area contributed by atoms with E-state index in [0.29, 0.717) is 38.5 Å². The Balaban J connectivity index is 1.52. The number of nitro benzene ring substituents is 1. The molecule has 0 saturated carbocycles. The minimum Gasteiger partial charge on any atom is -0.493 e. The summed E-state index contributed by atoms with van der Waals surface area (Å²) in [6.45, 7) is 1.96. The molecule has 0 fully saturated rings. The molecule has 178 valence electrons. The Morgan fingerprint density at radius 1 is 1.03 bits per heavy atom. The molecule has 0 radical (unpaired) electrons. The van der Waals surface area contributed by atoms with Gasteiger partial charge in [-0.15, -0.1) is 0 Å². The number of nitrogens with zero attached hydrogens (tertiary/aromatic N) is 3. The maximum atomic E-state index is 13.0. The quantitative estimate of drug-likeness (QED) is 0.211. The summed E-state index contributed by atoms with van der Waals surface area (Å²) in [5.74, 6) is 0.676. The average molecular weight is 512 g/mol. The number of nitro groups is 1. The first-order valence-electron chi connectivity index (χ1n) is 10.4. The molecule has 1 heterocycles. The van der Waals surface area contributed by atoms with Gasteiger partial charge in [0.15, 0.2) is 11.5 Å². The van der Waals surface area contributed by atoms with E-state index in [-0.39, 0.29) is 18.2 Å². The summed E-state index contributed by atoms with van der Waals surface area (Å²) in [5.41, 5.74) is 3.01. The molecule has 0 N–H and O–H groups in total. The summed E-state index contributed by atoms with van der Waals surface area (Å²) in [7, 11) is 1.52. The van der Waals surface area contributed by atoms with Crippen molar-refractivity contribution in [1.82, 2.24) is 0 Å². The zero-order valence-corrected chi connectivity index (χ0v) is 20.2. The van der Waals surface area contributed by atoms with Gasteiger partial charge in [-0.2, -0.15) is 10.1 Å². The Kier molecular flexibility index (Phi) is 7.04. The monoisotopic (exact) mass is 511 g/mol. The number of rotatable bonds is 7. The largest absolute Gasteiger partial charge is 0.493 e. The highest BCUT2D eigenvalue weighted by atomic mass is 35.5. The van der Waals surface area contributed by atoms with Crippen molar-refractivity contribution in [3.05, 3.63) is 97.5 Å². The average Bonchev–Trinajstić information content (AvgIpc) is 3.13. The Labute approximate surface area is 211 Å². The van der Waals surface area contributed by atoms with Crippen LogP contribution in [0.15, 0.2) is 71.3 Å².